The lowest BCUT2D eigenvalue weighted by Crippen LogP contribution is -2.49. The highest BCUT2D eigenvalue weighted by Crippen LogP contribution is 2.12. The van der Waals surface area contributed by atoms with E-state index in [-0.39, 0.29) is 12.5 Å². The molecule has 4 rings (SSSR count). The number of nitrogens with zero attached hydrogens (tertiary/aromatic N) is 7. The lowest BCUT2D eigenvalue weighted by molar-refractivity contribution is -0.134. The fraction of sp³-hybridized carbons (Fsp3) is 0.389. The Morgan fingerprint density at radius 1 is 1.15 bits per heavy atom. The second kappa shape index (κ2) is 7.67. The third-order valence-corrected chi connectivity index (χ3v) is 4.54. The van der Waals surface area contributed by atoms with Gasteiger partial charge in [-0.25, -0.2) is 0 Å². The molecule has 1 aliphatic heterocycles. The third-order valence-electron chi connectivity index (χ3n) is 4.54. The molecule has 1 aromatic carbocycles. The summed E-state index contributed by atoms with van der Waals surface area (Å²) in [5, 5.41) is 16.2. The summed E-state index contributed by atoms with van der Waals surface area (Å²) in [6.07, 6.45) is 0. The molecule has 3 heterocycles. The molecule has 0 aliphatic carbocycles. The van der Waals surface area contributed by atoms with Crippen LogP contribution in [-0.2, 0) is 17.9 Å². The van der Waals surface area contributed by atoms with E-state index in [0.717, 1.165) is 30.1 Å². The fourth-order valence-electron chi connectivity index (χ4n) is 3.10. The van der Waals surface area contributed by atoms with Crippen molar-refractivity contribution in [3.63, 3.8) is 0 Å². The summed E-state index contributed by atoms with van der Waals surface area (Å²) in [5.41, 5.74) is 1.77. The normalized spacial score (nSPS) is 15.2. The summed E-state index contributed by atoms with van der Waals surface area (Å²) in [6, 6.07) is 11.5. The van der Waals surface area contributed by atoms with Gasteiger partial charge < -0.3 is 9.42 Å². The zero-order chi connectivity index (χ0) is 18.6. The van der Waals surface area contributed by atoms with Gasteiger partial charge in [-0.3, -0.25) is 9.69 Å². The van der Waals surface area contributed by atoms with Gasteiger partial charge >= 0.3 is 0 Å². The quantitative estimate of drug-likeness (QED) is 0.663. The van der Waals surface area contributed by atoms with Crippen LogP contribution in [0, 0.1) is 6.92 Å². The number of hydrogen-bond donors (Lipinski definition) is 0. The SMILES string of the molecule is Cc1cc(CN2CCN(C(=O)Cn3nnc(-c4ccccc4)n3)CC2)on1. The van der Waals surface area contributed by atoms with E-state index >= 15 is 0 Å². The third kappa shape index (κ3) is 4.20. The molecule has 1 aliphatic rings. The summed E-state index contributed by atoms with van der Waals surface area (Å²) in [6.45, 7) is 5.66. The van der Waals surface area contributed by atoms with Crippen LogP contribution in [0.5, 0.6) is 0 Å². The van der Waals surface area contributed by atoms with Crippen molar-refractivity contribution in [2.45, 2.75) is 20.0 Å². The minimum Gasteiger partial charge on any atom is -0.360 e. The van der Waals surface area contributed by atoms with Gasteiger partial charge in [0.05, 0.1) is 12.2 Å². The minimum absolute atomic E-state index is 0.00201. The summed E-state index contributed by atoms with van der Waals surface area (Å²) in [7, 11) is 0. The molecule has 0 bridgehead atoms. The molecular formula is C18H21N7O2. The highest BCUT2D eigenvalue weighted by molar-refractivity contribution is 5.76. The first kappa shape index (κ1) is 17.3. The Bertz CT molecular complexity index is 897. The first-order valence-electron chi connectivity index (χ1n) is 8.93. The van der Waals surface area contributed by atoms with E-state index in [1.807, 2.05) is 48.2 Å². The zero-order valence-electron chi connectivity index (χ0n) is 15.2. The molecule has 0 spiro atoms. The number of tetrazole rings is 1. The highest BCUT2D eigenvalue weighted by Gasteiger charge is 2.23. The van der Waals surface area contributed by atoms with Crippen LogP contribution in [0.15, 0.2) is 40.9 Å². The van der Waals surface area contributed by atoms with E-state index in [1.54, 1.807) is 0 Å². The Morgan fingerprint density at radius 3 is 2.63 bits per heavy atom. The molecule has 9 nitrogen and oxygen atoms in total. The van der Waals surface area contributed by atoms with E-state index in [1.165, 1.54) is 4.80 Å². The second-order valence-corrected chi connectivity index (χ2v) is 6.60. The summed E-state index contributed by atoms with van der Waals surface area (Å²) in [4.78, 5) is 18.0. The molecule has 27 heavy (non-hydrogen) atoms. The van der Waals surface area contributed by atoms with E-state index < -0.39 is 0 Å². The molecule has 0 unspecified atom stereocenters. The van der Waals surface area contributed by atoms with Crippen molar-refractivity contribution in [3.05, 3.63) is 47.9 Å². The maximum atomic E-state index is 12.5. The van der Waals surface area contributed by atoms with Crippen molar-refractivity contribution in [1.29, 1.82) is 0 Å². The van der Waals surface area contributed by atoms with Crippen LogP contribution >= 0.6 is 0 Å². The Kier molecular flexibility index (Phi) is 4.93. The molecular weight excluding hydrogens is 346 g/mol. The van der Waals surface area contributed by atoms with Crippen molar-refractivity contribution in [2.75, 3.05) is 26.2 Å². The number of aryl methyl sites for hydroxylation is 1. The van der Waals surface area contributed by atoms with Gasteiger partial charge in [0.25, 0.3) is 0 Å². The Morgan fingerprint density at radius 2 is 1.93 bits per heavy atom. The maximum absolute atomic E-state index is 12.5. The first-order chi connectivity index (χ1) is 13.2. The van der Waals surface area contributed by atoms with Crippen LogP contribution in [-0.4, -0.2) is 67.2 Å². The lowest BCUT2D eigenvalue weighted by Gasteiger charge is -2.34. The van der Waals surface area contributed by atoms with Crippen LogP contribution < -0.4 is 0 Å². The number of aromatic nitrogens is 5. The largest absolute Gasteiger partial charge is 0.360 e. The van der Waals surface area contributed by atoms with Gasteiger partial charge in [0.15, 0.2) is 5.76 Å². The van der Waals surface area contributed by atoms with Gasteiger partial charge in [-0.1, -0.05) is 35.5 Å². The molecule has 3 aromatic rings. The van der Waals surface area contributed by atoms with Crippen LogP contribution in [0.1, 0.15) is 11.5 Å². The van der Waals surface area contributed by atoms with Crippen LogP contribution in [0.3, 0.4) is 0 Å². The standard InChI is InChI=1S/C18H21N7O2/c1-14-11-16(27-21-14)12-23-7-9-24(10-8-23)17(26)13-25-20-18(19-22-25)15-5-3-2-4-6-15/h2-6,11H,7-10,12-13H2,1H3. The molecule has 9 heteroatoms. The Balaban J connectivity index is 1.29. The van der Waals surface area contributed by atoms with E-state index in [2.05, 4.69) is 25.5 Å². The van der Waals surface area contributed by atoms with Gasteiger partial charge in [0.2, 0.25) is 11.7 Å². The molecule has 0 atom stereocenters. The van der Waals surface area contributed by atoms with Gasteiger partial charge in [0.1, 0.15) is 6.54 Å². The van der Waals surface area contributed by atoms with Crippen molar-refractivity contribution in [1.82, 2.24) is 35.2 Å². The first-order valence-corrected chi connectivity index (χ1v) is 8.93. The summed E-state index contributed by atoms with van der Waals surface area (Å²) < 4.78 is 5.26. The molecule has 1 amide bonds. The van der Waals surface area contributed by atoms with Crippen LogP contribution in [0.4, 0.5) is 0 Å². The minimum atomic E-state index is 0.00201. The lowest BCUT2D eigenvalue weighted by atomic mass is 10.2. The zero-order valence-corrected chi connectivity index (χ0v) is 15.2. The molecule has 1 saturated heterocycles. The molecule has 0 N–H and O–H groups in total. The second-order valence-electron chi connectivity index (χ2n) is 6.60. The summed E-state index contributed by atoms with van der Waals surface area (Å²) in [5.74, 6) is 1.38. The van der Waals surface area contributed by atoms with Crippen LogP contribution in [0.2, 0.25) is 0 Å². The van der Waals surface area contributed by atoms with Crippen molar-refractivity contribution < 1.29 is 9.32 Å². The molecule has 1 fully saturated rings. The van der Waals surface area contributed by atoms with E-state index in [4.69, 9.17) is 4.52 Å². The molecule has 2 aromatic heterocycles. The average Bonchev–Trinajstić information content (AvgIpc) is 3.32. The number of carbonyl (C=O) groups excluding carboxylic acids is 1. The van der Waals surface area contributed by atoms with Crippen molar-refractivity contribution in [3.8, 4) is 11.4 Å². The molecule has 140 valence electrons. The van der Waals surface area contributed by atoms with Gasteiger partial charge in [-0.2, -0.15) is 4.80 Å². The number of amides is 1. The van der Waals surface area contributed by atoms with E-state index in [9.17, 15) is 4.79 Å². The number of carbonyl (C=O) groups is 1. The number of rotatable bonds is 5. The van der Waals surface area contributed by atoms with E-state index in [0.29, 0.717) is 25.5 Å². The molecule has 0 radical (unpaired) electrons. The predicted octanol–water partition coefficient (Wildman–Crippen LogP) is 0.981. The highest BCUT2D eigenvalue weighted by atomic mass is 16.5. The predicted molar refractivity (Wildman–Crippen MR) is 96.4 cm³/mol. The Labute approximate surface area is 156 Å². The fourth-order valence-corrected chi connectivity index (χ4v) is 3.10. The Hall–Kier alpha value is -3.07. The monoisotopic (exact) mass is 367 g/mol. The molecule has 0 saturated carbocycles. The van der Waals surface area contributed by atoms with Gasteiger partial charge in [-0.05, 0) is 12.1 Å². The van der Waals surface area contributed by atoms with Crippen LogP contribution in [0.25, 0.3) is 11.4 Å². The number of benzene rings is 1. The smallest absolute Gasteiger partial charge is 0.246 e. The number of piperazine rings is 1. The summed E-state index contributed by atoms with van der Waals surface area (Å²) >= 11 is 0. The maximum Gasteiger partial charge on any atom is 0.246 e. The van der Waals surface area contributed by atoms with Crippen molar-refractivity contribution >= 4 is 5.91 Å². The number of hydrogen-bond acceptors (Lipinski definition) is 7. The topological polar surface area (TPSA) is 93.2 Å². The average molecular weight is 367 g/mol. The van der Waals surface area contributed by atoms with Gasteiger partial charge in [0, 0.05) is 37.8 Å². The van der Waals surface area contributed by atoms with Gasteiger partial charge in [-0.15, -0.1) is 10.2 Å². The van der Waals surface area contributed by atoms with Crippen molar-refractivity contribution in [2.24, 2.45) is 0 Å².